The fraction of sp³-hybridized carbons (Fsp3) is 0.833. The predicted molar refractivity (Wildman–Crippen MR) is 31.1 cm³/mol. The Kier molecular flexibility index (Phi) is 1.50. The largest absolute Gasteiger partial charge is 0.315 e. The molecule has 0 amide bonds. The van der Waals surface area contributed by atoms with E-state index in [-0.39, 0.29) is 5.92 Å². The fourth-order valence-corrected chi connectivity index (χ4v) is 0.983. The highest BCUT2D eigenvalue weighted by atomic mass is 14.9. The third-order valence-corrected chi connectivity index (χ3v) is 1.68. The van der Waals surface area contributed by atoms with Crippen LogP contribution in [0.2, 0.25) is 0 Å². The van der Waals surface area contributed by atoms with Crippen molar-refractivity contribution in [2.24, 2.45) is 11.8 Å². The Morgan fingerprint density at radius 2 is 2.38 bits per heavy atom. The van der Waals surface area contributed by atoms with Gasteiger partial charge in [-0.3, -0.25) is 0 Å². The van der Waals surface area contributed by atoms with Gasteiger partial charge in [0.25, 0.3) is 0 Å². The molecule has 1 heterocycles. The van der Waals surface area contributed by atoms with Crippen molar-refractivity contribution in [1.29, 1.82) is 5.26 Å². The van der Waals surface area contributed by atoms with Crippen LogP contribution in [-0.2, 0) is 0 Å². The summed E-state index contributed by atoms with van der Waals surface area (Å²) in [6, 6.07) is 2.25. The van der Waals surface area contributed by atoms with Crippen molar-refractivity contribution >= 4 is 0 Å². The average Bonchev–Trinajstić information content (AvgIpc) is 2.14. The zero-order valence-electron chi connectivity index (χ0n) is 5.02. The molecular weight excluding hydrogens is 100 g/mol. The van der Waals surface area contributed by atoms with Gasteiger partial charge in [0.05, 0.1) is 12.0 Å². The van der Waals surface area contributed by atoms with Crippen LogP contribution in [0.1, 0.15) is 6.92 Å². The summed E-state index contributed by atoms with van der Waals surface area (Å²) < 4.78 is 0. The zero-order chi connectivity index (χ0) is 5.98. The van der Waals surface area contributed by atoms with Gasteiger partial charge in [0, 0.05) is 6.54 Å². The minimum Gasteiger partial charge on any atom is -0.315 e. The molecule has 8 heavy (non-hydrogen) atoms. The molecule has 0 saturated carbocycles. The van der Waals surface area contributed by atoms with E-state index in [9.17, 15) is 0 Å². The van der Waals surface area contributed by atoms with Gasteiger partial charge in [-0.1, -0.05) is 6.92 Å². The van der Waals surface area contributed by atoms with Gasteiger partial charge < -0.3 is 5.32 Å². The molecular formula is C6H10N2. The Morgan fingerprint density at radius 1 is 1.62 bits per heavy atom. The van der Waals surface area contributed by atoms with Crippen LogP contribution in [0.3, 0.4) is 0 Å². The molecule has 1 N–H and O–H groups in total. The van der Waals surface area contributed by atoms with Crippen LogP contribution >= 0.6 is 0 Å². The first-order valence-corrected chi connectivity index (χ1v) is 2.95. The van der Waals surface area contributed by atoms with E-state index in [1.165, 1.54) is 0 Å². The van der Waals surface area contributed by atoms with E-state index >= 15 is 0 Å². The molecule has 0 aliphatic carbocycles. The lowest BCUT2D eigenvalue weighted by atomic mass is 10.0. The number of nitriles is 1. The minimum atomic E-state index is 0.259. The van der Waals surface area contributed by atoms with Crippen molar-refractivity contribution in [2.45, 2.75) is 6.92 Å². The van der Waals surface area contributed by atoms with Crippen molar-refractivity contribution in [2.75, 3.05) is 13.1 Å². The highest BCUT2D eigenvalue weighted by Crippen LogP contribution is 2.13. The lowest BCUT2D eigenvalue weighted by Crippen LogP contribution is -2.07. The first-order valence-electron chi connectivity index (χ1n) is 2.95. The predicted octanol–water partition coefficient (Wildman–Crippen LogP) is 0.365. The third-order valence-electron chi connectivity index (χ3n) is 1.68. The second-order valence-electron chi connectivity index (χ2n) is 2.37. The van der Waals surface area contributed by atoms with E-state index in [1.807, 2.05) is 0 Å². The van der Waals surface area contributed by atoms with Crippen LogP contribution in [0.25, 0.3) is 0 Å². The number of hydrogen-bond acceptors (Lipinski definition) is 2. The Balaban J connectivity index is 2.45. The van der Waals surface area contributed by atoms with Crippen LogP contribution in [0.15, 0.2) is 0 Å². The van der Waals surface area contributed by atoms with Gasteiger partial charge in [-0.2, -0.15) is 5.26 Å². The molecule has 0 unspecified atom stereocenters. The van der Waals surface area contributed by atoms with Crippen molar-refractivity contribution in [3.05, 3.63) is 0 Å². The average molecular weight is 110 g/mol. The third kappa shape index (κ3) is 0.823. The summed E-state index contributed by atoms with van der Waals surface area (Å²) in [7, 11) is 0. The first kappa shape index (κ1) is 5.58. The Labute approximate surface area is 49.5 Å². The van der Waals surface area contributed by atoms with Crippen LogP contribution in [0.5, 0.6) is 0 Å². The second kappa shape index (κ2) is 2.15. The quantitative estimate of drug-likeness (QED) is 0.489. The first-order chi connectivity index (χ1) is 3.84. The van der Waals surface area contributed by atoms with E-state index in [2.05, 4.69) is 18.3 Å². The van der Waals surface area contributed by atoms with Crippen molar-refractivity contribution in [3.63, 3.8) is 0 Å². The van der Waals surface area contributed by atoms with Gasteiger partial charge in [-0.05, 0) is 12.5 Å². The SMILES string of the molecule is C[C@@H]1CNC[C@H]1C#N. The molecule has 0 radical (unpaired) electrons. The molecule has 0 spiro atoms. The van der Waals surface area contributed by atoms with Crippen LogP contribution in [-0.4, -0.2) is 13.1 Å². The number of rotatable bonds is 0. The van der Waals surface area contributed by atoms with Gasteiger partial charge in [-0.15, -0.1) is 0 Å². The monoisotopic (exact) mass is 110 g/mol. The van der Waals surface area contributed by atoms with Crippen LogP contribution in [0.4, 0.5) is 0 Å². The van der Waals surface area contributed by atoms with Crippen molar-refractivity contribution < 1.29 is 0 Å². The van der Waals surface area contributed by atoms with E-state index < -0.39 is 0 Å². The van der Waals surface area contributed by atoms with Gasteiger partial charge in [-0.25, -0.2) is 0 Å². The molecule has 2 heteroatoms. The minimum absolute atomic E-state index is 0.259. The summed E-state index contributed by atoms with van der Waals surface area (Å²) in [6.07, 6.45) is 0. The lowest BCUT2D eigenvalue weighted by molar-refractivity contribution is 0.553. The van der Waals surface area contributed by atoms with Crippen molar-refractivity contribution in [3.8, 4) is 6.07 Å². The number of hydrogen-bond donors (Lipinski definition) is 1. The maximum absolute atomic E-state index is 8.45. The van der Waals surface area contributed by atoms with E-state index in [0.717, 1.165) is 13.1 Å². The molecule has 1 rings (SSSR count). The molecule has 0 aromatic rings. The molecule has 1 fully saturated rings. The Hall–Kier alpha value is -0.550. The summed E-state index contributed by atoms with van der Waals surface area (Å²) in [5, 5.41) is 11.6. The van der Waals surface area contributed by atoms with E-state index in [4.69, 9.17) is 5.26 Å². The maximum Gasteiger partial charge on any atom is 0.0672 e. The standard InChI is InChI=1S/C6H10N2/c1-5-3-8-4-6(5)2-7/h5-6,8H,3-4H2,1H3/t5-,6-/m1/s1. The van der Waals surface area contributed by atoms with Crippen molar-refractivity contribution in [1.82, 2.24) is 5.32 Å². The fourth-order valence-electron chi connectivity index (χ4n) is 0.983. The molecule has 0 bridgehead atoms. The second-order valence-corrected chi connectivity index (χ2v) is 2.37. The van der Waals surface area contributed by atoms with Gasteiger partial charge >= 0.3 is 0 Å². The topological polar surface area (TPSA) is 35.8 Å². The number of nitrogens with one attached hydrogen (secondary N) is 1. The van der Waals surface area contributed by atoms with Crippen LogP contribution < -0.4 is 5.32 Å². The van der Waals surface area contributed by atoms with E-state index in [0.29, 0.717) is 5.92 Å². The molecule has 1 aliphatic heterocycles. The highest BCUT2D eigenvalue weighted by molar-refractivity contribution is 4.92. The Bertz CT molecular complexity index is 114. The summed E-state index contributed by atoms with van der Waals surface area (Å²) in [5.74, 6) is 0.815. The van der Waals surface area contributed by atoms with Crippen LogP contribution in [0, 0.1) is 23.2 Å². The van der Waals surface area contributed by atoms with Gasteiger partial charge in [0.15, 0.2) is 0 Å². The normalized spacial score (nSPS) is 37.0. The number of nitrogens with zero attached hydrogens (tertiary/aromatic N) is 1. The molecule has 1 saturated heterocycles. The Morgan fingerprint density at radius 3 is 2.62 bits per heavy atom. The molecule has 0 aromatic carbocycles. The smallest absolute Gasteiger partial charge is 0.0672 e. The molecule has 2 atom stereocenters. The molecule has 1 aliphatic rings. The van der Waals surface area contributed by atoms with E-state index in [1.54, 1.807) is 0 Å². The maximum atomic E-state index is 8.45. The summed E-state index contributed by atoms with van der Waals surface area (Å²) in [6.45, 7) is 4.00. The van der Waals surface area contributed by atoms with Gasteiger partial charge in [0.1, 0.15) is 0 Å². The molecule has 44 valence electrons. The molecule has 2 nitrogen and oxygen atoms in total. The summed E-state index contributed by atoms with van der Waals surface area (Å²) in [5.41, 5.74) is 0. The zero-order valence-corrected chi connectivity index (χ0v) is 5.02. The highest BCUT2D eigenvalue weighted by Gasteiger charge is 2.21. The lowest BCUT2D eigenvalue weighted by Gasteiger charge is -2.00. The molecule has 0 aromatic heterocycles. The van der Waals surface area contributed by atoms with Gasteiger partial charge in [0.2, 0.25) is 0 Å². The summed E-state index contributed by atoms with van der Waals surface area (Å²) in [4.78, 5) is 0. The summed E-state index contributed by atoms with van der Waals surface area (Å²) >= 11 is 0.